The van der Waals surface area contributed by atoms with E-state index in [-0.39, 0.29) is 28.3 Å². The van der Waals surface area contributed by atoms with E-state index in [9.17, 15) is 15.0 Å². The minimum Gasteiger partial charge on any atom is -0.507 e. The molecule has 5 nitrogen and oxygen atoms in total. The first-order valence-corrected chi connectivity index (χ1v) is 6.73. The number of aromatic nitrogens is 2. The molecule has 0 bridgehead atoms. The third-order valence-corrected chi connectivity index (χ3v) is 3.46. The average Bonchev–Trinajstić information content (AvgIpc) is 2.52. The molecular formula is C17H14N2O3. The van der Waals surface area contributed by atoms with Gasteiger partial charge in [0.05, 0.1) is 16.6 Å². The van der Waals surface area contributed by atoms with Gasteiger partial charge in [0, 0.05) is 13.1 Å². The van der Waals surface area contributed by atoms with Crippen LogP contribution >= 0.6 is 0 Å². The van der Waals surface area contributed by atoms with Crippen LogP contribution in [0.15, 0.2) is 53.3 Å². The van der Waals surface area contributed by atoms with Crippen LogP contribution in [0.5, 0.6) is 5.75 Å². The van der Waals surface area contributed by atoms with Gasteiger partial charge in [-0.05, 0) is 24.3 Å². The summed E-state index contributed by atoms with van der Waals surface area (Å²) in [5, 5.41) is 19.9. The van der Waals surface area contributed by atoms with Gasteiger partial charge in [0.15, 0.2) is 0 Å². The lowest BCUT2D eigenvalue weighted by atomic mass is 10.1. The number of aromatic hydroxyl groups is 1. The largest absolute Gasteiger partial charge is 0.507 e. The Labute approximate surface area is 126 Å². The molecule has 0 atom stereocenters. The summed E-state index contributed by atoms with van der Waals surface area (Å²) in [6.07, 6.45) is 1.27. The van der Waals surface area contributed by atoms with E-state index in [0.29, 0.717) is 11.0 Å². The van der Waals surface area contributed by atoms with Crippen LogP contribution < -0.4 is 5.56 Å². The fraction of sp³-hybridized carbons (Fsp3) is 0.0588. The number of aryl methyl sites for hydroxylation is 1. The summed E-state index contributed by atoms with van der Waals surface area (Å²) in [6, 6.07) is 13.6. The number of benzene rings is 2. The van der Waals surface area contributed by atoms with Gasteiger partial charge in [-0.3, -0.25) is 4.79 Å². The standard InChI is InChI=1S/C17H14N2O3/c1-19-14-8-4-3-7-12(14)18-13(17(19)22)10-16(21)11-6-2-5-9-15(11)20/h2-10,20-21H,1H3/b16-10-. The van der Waals surface area contributed by atoms with E-state index < -0.39 is 0 Å². The van der Waals surface area contributed by atoms with Crippen molar-refractivity contribution in [1.29, 1.82) is 0 Å². The van der Waals surface area contributed by atoms with Crippen molar-refractivity contribution < 1.29 is 10.2 Å². The molecule has 0 aliphatic carbocycles. The van der Waals surface area contributed by atoms with Gasteiger partial charge in [0.25, 0.3) is 5.56 Å². The third-order valence-electron chi connectivity index (χ3n) is 3.46. The van der Waals surface area contributed by atoms with E-state index in [2.05, 4.69) is 4.98 Å². The van der Waals surface area contributed by atoms with E-state index in [1.54, 1.807) is 37.4 Å². The number of aliphatic hydroxyl groups excluding tert-OH is 1. The van der Waals surface area contributed by atoms with Crippen LogP contribution in [0.2, 0.25) is 0 Å². The van der Waals surface area contributed by atoms with Gasteiger partial charge >= 0.3 is 0 Å². The Kier molecular flexibility index (Phi) is 3.39. The van der Waals surface area contributed by atoms with Gasteiger partial charge < -0.3 is 14.8 Å². The second kappa shape index (κ2) is 5.37. The SMILES string of the molecule is Cn1c(=O)c(/C=C(\O)c2ccccc2O)nc2ccccc21. The summed E-state index contributed by atoms with van der Waals surface area (Å²) in [5.74, 6) is -0.271. The Morgan fingerprint density at radius 3 is 2.59 bits per heavy atom. The van der Waals surface area contributed by atoms with Crippen molar-refractivity contribution in [2.24, 2.45) is 7.05 Å². The first-order valence-electron chi connectivity index (χ1n) is 6.73. The number of fused-ring (bicyclic) bond motifs is 1. The summed E-state index contributed by atoms with van der Waals surface area (Å²) in [7, 11) is 1.65. The number of para-hydroxylation sites is 3. The van der Waals surface area contributed by atoms with Crippen LogP contribution in [-0.2, 0) is 7.05 Å². The van der Waals surface area contributed by atoms with Crippen molar-refractivity contribution >= 4 is 22.9 Å². The van der Waals surface area contributed by atoms with Gasteiger partial charge in [0.2, 0.25) is 0 Å². The Morgan fingerprint density at radius 2 is 1.82 bits per heavy atom. The highest BCUT2D eigenvalue weighted by molar-refractivity contribution is 5.80. The minimum atomic E-state index is -0.319. The average molecular weight is 294 g/mol. The van der Waals surface area contributed by atoms with Crippen LogP contribution in [0.3, 0.4) is 0 Å². The first kappa shape index (κ1) is 13.9. The maximum atomic E-state index is 12.3. The number of hydrogen-bond acceptors (Lipinski definition) is 4. The van der Waals surface area contributed by atoms with Crippen molar-refractivity contribution in [2.45, 2.75) is 0 Å². The van der Waals surface area contributed by atoms with Crippen molar-refractivity contribution in [3.05, 3.63) is 70.1 Å². The lowest BCUT2D eigenvalue weighted by Gasteiger charge is -2.07. The fourth-order valence-corrected chi connectivity index (χ4v) is 2.29. The van der Waals surface area contributed by atoms with Crippen molar-refractivity contribution in [3.8, 4) is 5.75 Å². The normalized spacial score (nSPS) is 11.8. The smallest absolute Gasteiger partial charge is 0.276 e. The number of aliphatic hydroxyl groups is 1. The molecule has 0 fully saturated rings. The van der Waals surface area contributed by atoms with Gasteiger partial charge in [-0.15, -0.1) is 0 Å². The van der Waals surface area contributed by atoms with E-state index in [0.717, 1.165) is 0 Å². The molecule has 0 radical (unpaired) electrons. The third kappa shape index (κ3) is 2.33. The van der Waals surface area contributed by atoms with E-state index in [4.69, 9.17) is 0 Å². The molecule has 1 heterocycles. The maximum absolute atomic E-state index is 12.3. The van der Waals surface area contributed by atoms with Crippen molar-refractivity contribution in [3.63, 3.8) is 0 Å². The van der Waals surface area contributed by atoms with E-state index >= 15 is 0 Å². The highest BCUT2D eigenvalue weighted by Gasteiger charge is 2.10. The molecule has 0 amide bonds. The predicted molar refractivity (Wildman–Crippen MR) is 85.6 cm³/mol. The Morgan fingerprint density at radius 1 is 1.14 bits per heavy atom. The molecule has 5 heteroatoms. The Hall–Kier alpha value is -3.08. The number of phenols is 1. The monoisotopic (exact) mass is 294 g/mol. The molecule has 1 aromatic heterocycles. The molecular weight excluding hydrogens is 280 g/mol. The van der Waals surface area contributed by atoms with E-state index in [1.807, 2.05) is 12.1 Å². The second-order valence-corrected chi connectivity index (χ2v) is 4.90. The number of phenolic OH excluding ortho intramolecular Hbond substituents is 1. The number of nitrogens with zero attached hydrogens (tertiary/aromatic N) is 2. The van der Waals surface area contributed by atoms with Crippen LogP contribution in [0, 0.1) is 0 Å². The zero-order valence-corrected chi connectivity index (χ0v) is 11.9. The van der Waals surface area contributed by atoms with Crippen molar-refractivity contribution in [1.82, 2.24) is 9.55 Å². The fourth-order valence-electron chi connectivity index (χ4n) is 2.29. The predicted octanol–water partition coefficient (Wildman–Crippen LogP) is 2.70. The summed E-state index contributed by atoms with van der Waals surface area (Å²) in [6.45, 7) is 0. The lowest BCUT2D eigenvalue weighted by Crippen LogP contribution is -2.21. The molecule has 22 heavy (non-hydrogen) atoms. The Bertz CT molecular complexity index is 942. The number of hydrogen-bond donors (Lipinski definition) is 2. The highest BCUT2D eigenvalue weighted by atomic mass is 16.3. The first-order chi connectivity index (χ1) is 10.6. The second-order valence-electron chi connectivity index (χ2n) is 4.90. The zero-order valence-electron chi connectivity index (χ0n) is 11.9. The van der Waals surface area contributed by atoms with Gasteiger partial charge in [0.1, 0.15) is 17.2 Å². The van der Waals surface area contributed by atoms with Crippen molar-refractivity contribution in [2.75, 3.05) is 0 Å². The van der Waals surface area contributed by atoms with Crippen LogP contribution in [0.25, 0.3) is 22.9 Å². The summed E-state index contributed by atoms with van der Waals surface area (Å²) >= 11 is 0. The zero-order chi connectivity index (χ0) is 15.7. The topological polar surface area (TPSA) is 75.4 Å². The molecule has 0 spiro atoms. The van der Waals surface area contributed by atoms with Crippen LogP contribution in [-0.4, -0.2) is 19.8 Å². The van der Waals surface area contributed by atoms with Gasteiger partial charge in [-0.1, -0.05) is 24.3 Å². The molecule has 0 saturated heterocycles. The summed E-state index contributed by atoms with van der Waals surface area (Å²) in [4.78, 5) is 16.6. The Balaban J connectivity index is 2.19. The van der Waals surface area contributed by atoms with Crippen LogP contribution in [0.4, 0.5) is 0 Å². The van der Waals surface area contributed by atoms with Crippen LogP contribution in [0.1, 0.15) is 11.3 Å². The molecule has 0 saturated carbocycles. The van der Waals surface area contributed by atoms with Gasteiger partial charge in [-0.2, -0.15) is 0 Å². The molecule has 2 aromatic carbocycles. The summed E-state index contributed by atoms with van der Waals surface area (Å²) < 4.78 is 1.48. The molecule has 110 valence electrons. The quantitative estimate of drug-likeness (QED) is 0.713. The summed E-state index contributed by atoms with van der Waals surface area (Å²) in [5.41, 5.74) is 1.41. The maximum Gasteiger partial charge on any atom is 0.276 e. The molecule has 0 aliphatic rings. The van der Waals surface area contributed by atoms with Gasteiger partial charge in [-0.25, -0.2) is 4.98 Å². The highest BCUT2D eigenvalue weighted by Crippen LogP contribution is 2.23. The number of rotatable bonds is 2. The lowest BCUT2D eigenvalue weighted by molar-refractivity contribution is 0.461. The molecule has 0 aliphatic heterocycles. The molecule has 3 aromatic rings. The minimum absolute atomic E-state index is 0.0612. The molecule has 0 unspecified atom stereocenters. The molecule has 2 N–H and O–H groups in total. The van der Waals surface area contributed by atoms with E-state index in [1.165, 1.54) is 16.7 Å². The molecule has 3 rings (SSSR count).